The normalized spacial score (nSPS) is 16.0. The standard InChI is InChI=1S/C21H22F6/c1-14-4-8-16(9-5-14)12-18(20(22,23)24)19(3,21(25,26)27)13-17-10-6-15(2)7-11-17/h4-11,18H,12-13H2,1-3H3/t18?,19-/m0/s1. The highest BCUT2D eigenvalue weighted by molar-refractivity contribution is 5.25. The first-order chi connectivity index (χ1) is 12.3. The average molecular weight is 388 g/mol. The Labute approximate surface area is 155 Å². The van der Waals surface area contributed by atoms with Crippen molar-refractivity contribution >= 4 is 0 Å². The van der Waals surface area contributed by atoms with Gasteiger partial charge >= 0.3 is 12.4 Å². The van der Waals surface area contributed by atoms with E-state index in [0.717, 1.165) is 11.1 Å². The lowest BCUT2D eigenvalue weighted by atomic mass is 9.69. The Balaban J connectivity index is 2.47. The smallest absolute Gasteiger partial charge is 0.171 e. The molecule has 27 heavy (non-hydrogen) atoms. The first-order valence-corrected chi connectivity index (χ1v) is 8.57. The van der Waals surface area contributed by atoms with E-state index in [4.69, 9.17) is 0 Å². The van der Waals surface area contributed by atoms with Crippen LogP contribution < -0.4 is 0 Å². The van der Waals surface area contributed by atoms with E-state index in [1.807, 2.05) is 0 Å². The van der Waals surface area contributed by atoms with Gasteiger partial charge in [0.2, 0.25) is 0 Å². The Bertz CT molecular complexity index is 740. The molecule has 0 amide bonds. The van der Waals surface area contributed by atoms with Gasteiger partial charge in [-0.1, -0.05) is 59.7 Å². The third-order valence-corrected chi connectivity index (χ3v) is 5.06. The third-order valence-electron chi connectivity index (χ3n) is 5.06. The van der Waals surface area contributed by atoms with Gasteiger partial charge in [0.1, 0.15) is 0 Å². The van der Waals surface area contributed by atoms with Gasteiger partial charge < -0.3 is 0 Å². The second-order valence-corrected chi connectivity index (χ2v) is 7.36. The molecule has 0 fully saturated rings. The van der Waals surface area contributed by atoms with E-state index in [2.05, 4.69) is 0 Å². The van der Waals surface area contributed by atoms with Crippen molar-refractivity contribution < 1.29 is 26.3 Å². The van der Waals surface area contributed by atoms with Crippen LogP contribution in [0.2, 0.25) is 0 Å². The summed E-state index contributed by atoms with van der Waals surface area (Å²) in [7, 11) is 0. The molecule has 2 atom stereocenters. The summed E-state index contributed by atoms with van der Waals surface area (Å²) >= 11 is 0. The Hall–Kier alpha value is -1.98. The zero-order chi connectivity index (χ0) is 20.5. The molecule has 0 N–H and O–H groups in total. The van der Waals surface area contributed by atoms with Crippen LogP contribution in [0.3, 0.4) is 0 Å². The quantitative estimate of drug-likeness (QED) is 0.492. The van der Waals surface area contributed by atoms with Gasteiger partial charge in [0.25, 0.3) is 0 Å². The average Bonchev–Trinajstić information content (AvgIpc) is 2.54. The highest BCUT2D eigenvalue weighted by atomic mass is 19.4. The molecule has 0 aliphatic rings. The molecule has 0 aliphatic carbocycles. The predicted molar refractivity (Wildman–Crippen MR) is 93.5 cm³/mol. The molecule has 6 heteroatoms. The van der Waals surface area contributed by atoms with Crippen molar-refractivity contribution in [3.8, 4) is 0 Å². The van der Waals surface area contributed by atoms with Crippen molar-refractivity contribution in [3.63, 3.8) is 0 Å². The van der Waals surface area contributed by atoms with Crippen LogP contribution in [0.5, 0.6) is 0 Å². The van der Waals surface area contributed by atoms with E-state index in [0.29, 0.717) is 6.92 Å². The molecular formula is C21H22F6. The van der Waals surface area contributed by atoms with Crippen molar-refractivity contribution in [3.05, 3.63) is 70.8 Å². The molecule has 2 aromatic carbocycles. The van der Waals surface area contributed by atoms with Gasteiger partial charge in [-0.05, 0) is 44.7 Å². The van der Waals surface area contributed by atoms with Gasteiger partial charge in [-0.2, -0.15) is 26.3 Å². The molecule has 2 rings (SSSR count). The second-order valence-electron chi connectivity index (χ2n) is 7.36. The first kappa shape index (κ1) is 21.3. The number of benzene rings is 2. The van der Waals surface area contributed by atoms with Gasteiger partial charge in [0.15, 0.2) is 0 Å². The third kappa shape index (κ3) is 5.05. The summed E-state index contributed by atoms with van der Waals surface area (Å²) in [5, 5.41) is 0. The maximum Gasteiger partial charge on any atom is 0.395 e. The molecule has 0 spiro atoms. The number of hydrogen-bond acceptors (Lipinski definition) is 0. The van der Waals surface area contributed by atoms with E-state index in [1.54, 1.807) is 38.1 Å². The van der Waals surface area contributed by atoms with E-state index in [9.17, 15) is 26.3 Å². The van der Waals surface area contributed by atoms with Crippen LogP contribution in [0.25, 0.3) is 0 Å². The van der Waals surface area contributed by atoms with Crippen LogP contribution in [0.1, 0.15) is 29.2 Å². The summed E-state index contributed by atoms with van der Waals surface area (Å²) in [4.78, 5) is 0. The summed E-state index contributed by atoms with van der Waals surface area (Å²) in [5.41, 5.74) is -0.799. The predicted octanol–water partition coefficient (Wildman–Crippen LogP) is 6.84. The van der Waals surface area contributed by atoms with Crippen LogP contribution in [-0.4, -0.2) is 12.4 Å². The maximum atomic E-state index is 13.9. The molecule has 0 aliphatic heterocycles. The van der Waals surface area contributed by atoms with Crippen LogP contribution in [0, 0.1) is 25.2 Å². The summed E-state index contributed by atoms with van der Waals surface area (Å²) in [6.07, 6.45) is -11.4. The topological polar surface area (TPSA) is 0 Å². The minimum atomic E-state index is -5.01. The largest absolute Gasteiger partial charge is 0.395 e. The lowest BCUT2D eigenvalue weighted by molar-refractivity contribution is -0.293. The Morgan fingerprint density at radius 1 is 0.704 bits per heavy atom. The number of rotatable bonds is 5. The fraction of sp³-hybridized carbons (Fsp3) is 0.429. The molecule has 0 heterocycles. The monoisotopic (exact) mass is 388 g/mol. The lowest BCUT2D eigenvalue weighted by Crippen LogP contribution is -2.50. The Morgan fingerprint density at radius 3 is 1.48 bits per heavy atom. The fourth-order valence-corrected chi connectivity index (χ4v) is 3.21. The van der Waals surface area contributed by atoms with Gasteiger partial charge in [0.05, 0.1) is 11.3 Å². The van der Waals surface area contributed by atoms with Crippen LogP contribution in [-0.2, 0) is 12.8 Å². The van der Waals surface area contributed by atoms with Crippen molar-refractivity contribution in [2.24, 2.45) is 11.3 Å². The molecule has 148 valence electrons. The molecule has 0 nitrogen and oxygen atoms in total. The maximum absolute atomic E-state index is 13.9. The molecule has 0 saturated heterocycles. The molecule has 1 unspecified atom stereocenters. The molecule has 0 radical (unpaired) electrons. The summed E-state index contributed by atoms with van der Waals surface area (Å²) in [6, 6.07) is 12.2. The highest BCUT2D eigenvalue weighted by Gasteiger charge is 2.63. The van der Waals surface area contributed by atoms with E-state index < -0.39 is 36.5 Å². The Kier molecular flexibility index (Phi) is 5.97. The second kappa shape index (κ2) is 7.56. The highest BCUT2D eigenvalue weighted by Crippen LogP contribution is 2.53. The van der Waals surface area contributed by atoms with Crippen LogP contribution in [0.15, 0.2) is 48.5 Å². The minimum absolute atomic E-state index is 0.235. The number of alkyl halides is 6. The van der Waals surface area contributed by atoms with Crippen molar-refractivity contribution in [2.75, 3.05) is 0 Å². The lowest BCUT2D eigenvalue weighted by Gasteiger charge is -2.40. The van der Waals surface area contributed by atoms with Crippen molar-refractivity contribution in [2.45, 2.75) is 46.0 Å². The number of hydrogen-bond donors (Lipinski definition) is 0. The van der Waals surface area contributed by atoms with Gasteiger partial charge in [-0.3, -0.25) is 0 Å². The summed E-state index contributed by atoms with van der Waals surface area (Å²) < 4.78 is 83.1. The fourth-order valence-electron chi connectivity index (χ4n) is 3.21. The van der Waals surface area contributed by atoms with E-state index in [-0.39, 0.29) is 11.1 Å². The van der Waals surface area contributed by atoms with Gasteiger partial charge in [0, 0.05) is 0 Å². The number of aryl methyl sites for hydroxylation is 2. The molecule has 2 aromatic rings. The Morgan fingerprint density at radius 2 is 1.11 bits per heavy atom. The summed E-state index contributed by atoms with van der Waals surface area (Å²) in [5.74, 6) is -2.55. The molecule has 0 saturated carbocycles. The zero-order valence-corrected chi connectivity index (χ0v) is 15.4. The molecule has 0 aromatic heterocycles. The van der Waals surface area contributed by atoms with Crippen molar-refractivity contribution in [1.29, 1.82) is 0 Å². The van der Waals surface area contributed by atoms with Gasteiger partial charge in [-0.25, -0.2) is 0 Å². The summed E-state index contributed by atoms with van der Waals surface area (Å²) in [6.45, 7) is 4.21. The molecule has 0 bridgehead atoms. The van der Waals surface area contributed by atoms with Crippen LogP contribution >= 0.6 is 0 Å². The van der Waals surface area contributed by atoms with E-state index in [1.165, 1.54) is 24.3 Å². The van der Waals surface area contributed by atoms with Crippen LogP contribution in [0.4, 0.5) is 26.3 Å². The molecular weight excluding hydrogens is 366 g/mol. The minimum Gasteiger partial charge on any atom is -0.171 e. The van der Waals surface area contributed by atoms with Crippen molar-refractivity contribution in [1.82, 2.24) is 0 Å². The van der Waals surface area contributed by atoms with Gasteiger partial charge in [-0.15, -0.1) is 0 Å². The van der Waals surface area contributed by atoms with E-state index >= 15 is 0 Å². The number of halogens is 6. The zero-order valence-electron chi connectivity index (χ0n) is 15.4. The first-order valence-electron chi connectivity index (χ1n) is 8.57. The SMILES string of the molecule is Cc1ccc(CC(C(F)(F)F)[C@](C)(Cc2ccc(C)cc2)C(F)(F)F)cc1.